The van der Waals surface area contributed by atoms with E-state index in [-0.39, 0.29) is 23.5 Å². The second-order valence-corrected chi connectivity index (χ2v) is 7.38. The molecular formula is C11H25NO3S. The van der Waals surface area contributed by atoms with Crippen molar-refractivity contribution in [3.8, 4) is 0 Å². The summed E-state index contributed by atoms with van der Waals surface area (Å²) in [4.78, 5) is 0. The first-order valence-electron chi connectivity index (χ1n) is 5.85. The van der Waals surface area contributed by atoms with Gasteiger partial charge in [-0.15, -0.1) is 0 Å². The lowest BCUT2D eigenvalue weighted by Gasteiger charge is -2.24. The molecule has 0 unspecified atom stereocenters. The molecule has 0 aliphatic carbocycles. The van der Waals surface area contributed by atoms with E-state index in [1.807, 2.05) is 0 Å². The summed E-state index contributed by atoms with van der Waals surface area (Å²) in [5.41, 5.74) is 0.110. The van der Waals surface area contributed by atoms with Crippen LogP contribution in [0.4, 0.5) is 0 Å². The molecule has 4 nitrogen and oxygen atoms in total. The van der Waals surface area contributed by atoms with Crippen molar-refractivity contribution in [2.24, 2.45) is 5.41 Å². The van der Waals surface area contributed by atoms with Crippen LogP contribution < -0.4 is 5.32 Å². The van der Waals surface area contributed by atoms with Crippen LogP contribution in [0.15, 0.2) is 0 Å². The monoisotopic (exact) mass is 251 g/mol. The first-order chi connectivity index (χ1) is 7.33. The predicted octanol–water partition coefficient (Wildman–Crippen LogP) is 0.809. The third-order valence-corrected chi connectivity index (χ3v) is 4.35. The van der Waals surface area contributed by atoms with Gasteiger partial charge in [0.05, 0.1) is 5.75 Å². The van der Waals surface area contributed by atoms with Crippen LogP contribution >= 0.6 is 0 Å². The third kappa shape index (κ3) is 8.07. The second-order valence-electron chi connectivity index (χ2n) is 4.90. The summed E-state index contributed by atoms with van der Waals surface area (Å²) < 4.78 is 22.4. The van der Waals surface area contributed by atoms with Gasteiger partial charge in [0.25, 0.3) is 0 Å². The van der Waals surface area contributed by atoms with E-state index in [1.54, 1.807) is 6.92 Å². The SMILES string of the molecule is CCS(=O)(=O)CCNCC(C)(C)CCCO. The maximum atomic E-state index is 11.2. The van der Waals surface area contributed by atoms with Gasteiger partial charge in [-0.05, 0) is 18.3 Å². The van der Waals surface area contributed by atoms with Crippen molar-refractivity contribution in [3.05, 3.63) is 0 Å². The highest BCUT2D eigenvalue weighted by molar-refractivity contribution is 7.91. The van der Waals surface area contributed by atoms with Gasteiger partial charge in [0, 0.05) is 25.4 Å². The smallest absolute Gasteiger partial charge is 0.151 e. The molecule has 0 aromatic carbocycles. The zero-order chi connectivity index (χ0) is 12.7. The molecule has 0 heterocycles. The lowest BCUT2D eigenvalue weighted by atomic mass is 9.88. The maximum Gasteiger partial charge on any atom is 0.151 e. The van der Waals surface area contributed by atoms with E-state index in [0.29, 0.717) is 6.54 Å². The Morgan fingerprint density at radius 3 is 2.44 bits per heavy atom. The predicted molar refractivity (Wildman–Crippen MR) is 67.3 cm³/mol. The minimum atomic E-state index is -2.86. The molecule has 0 spiro atoms. The fraction of sp³-hybridized carbons (Fsp3) is 1.00. The average molecular weight is 251 g/mol. The normalized spacial score (nSPS) is 13.0. The van der Waals surface area contributed by atoms with Gasteiger partial charge < -0.3 is 10.4 Å². The van der Waals surface area contributed by atoms with Gasteiger partial charge in [-0.25, -0.2) is 8.42 Å². The molecule has 16 heavy (non-hydrogen) atoms. The van der Waals surface area contributed by atoms with Gasteiger partial charge >= 0.3 is 0 Å². The molecule has 0 aliphatic heterocycles. The van der Waals surface area contributed by atoms with Crippen molar-refractivity contribution in [1.29, 1.82) is 0 Å². The standard InChI is InChI=1S/C11H25NO3S/c1-4-16(14,15)9-7-12-10-11(2,3)6-5-8-13/h12-13H,4-10H2,1-3H3. The Labute approximate surface area is 99.4 Å². The first kappa shape index (κ1) is 15.9. The highest BCUT2D eigenvalue weighted by Gasteiger charge is 2.17. The van der Waals surface area contributed by atoms with Gasteiger partial charge in [-0.1, -0.05) is 20.8 Å². The number of hydrogen-bond acceptors (Lipinski definition) is 4. The lowest BCUT2D eigenvalue weighted by molar-refractivity contribution is 0.237. The van der Waals surface area contributed by atoms with Crippen LogP contribution in [0.25, 0.3) is 0 Å². The average Bonchev–Trinajstić information content (AvgIpc) is 2.22. The summed E-state index contributed by atoms with van der Waals surface area (Å²) in [6.45, 7) is 7.41. The molecule has 98 valence electrons. The summed E-state index contributed by atoms with van der Waals surface area (Å²) in [5, 5.41) is 11.9. The van der Waals surface area contributed by atoms with E-state index < -0.39 is 9.84 Å². The zero-order valence-corrected chi connectivity index (χ0v) is 11.4. The quantitative estimate of drug-likeness (QED) is 0.595. The molecular weight excluding hydrogens is 226 g/mol. The molecule has 0 bridgehead atoms. The summed E-state index contributed by atoms with van der Waals surface area (Å²) in [5.74, 6) is 0.419. The molecule has 2 N–H and O–H groups in total. The molecule has 0 aliphatic rings. The number of nitrogens with one attached hydrogen (secondary N) is 1. The molecule has 5 heteroatoms. The van der Waals surface area contributed by atoms with Crippen molar-refractivity contribution in [1.82, 2.24) is 5.32 Å². The van der Waals surface area contributed by atoms with Crippen LogP contribution in [0.2, 0.25) is 0 Å². The number of aliphatic hydroxyl groups excluding tert-OH is 1. The fourth-order valence-corrected chi connectivity index (χ4v) is 2.19. The van der Waals surface area contributed by atoms with E-state index in [2.05, 4.69) is 19.2 Å². The fourth-order valence-electron chi connectivity index (χ4n) is 1.44. The molecule has 0 amide bonds. The summed E-state index contributed by atoms with van der Waals surface area (Å²) in [7, 11) is -2.86. The number of aliphatic hydroxyl groups is 1. The van der Waals surface area contributed by atoms with Crippen molar-refractivity contribution in [2.75, 3.05) is 31.2 Å². The van der Waals surface area contributed by atoms with Gasteiger partial charge in [0.1, 0.15) is 0 Å². The van der Waals surface area contributed by atoms with Crippen molar-refractivity contribution < 1.29 is 13.5 Å². The van der Waals surface area contributed by atoms with Crippen LogP contribution in [0, 0.1) is 5.41 Å². The van der Waals surface area contributed by atoms with Crippen LogP contribution in [-0.4, -0.2) is 44.7 Å². The van der Waals surface area contributed by atoms with Gasteiger partial charge in [-0.3, -0.25) is 0 Å². The van der Waals surface area contributed by atoms with E-state index in [1.165, 1.54) is 0 Å². The largest absolute Gasteiger partial charge is 0.396 e. The van der Waals surface area contributed by atoms with Crippen LogP contribution in [-0.2, 0) is 9.84 Å². The highest BCUT2D eigenvalue weighted by Crippen LogP contribution is 2.20. The topological polar surface area (TPSA) is 66.4 Å². The Morgan fingerprint density at radius 1 is 1.31 bits per heavy atom. The van der Waals surface area contributed by atoms with Crippen LogP contribution in [0.3, 0.4) is 0 Å². The molecule has 0 aromatic heterocycles. The number of rotatable bonds is 9. The van der Waals surface area contributed by atoms with Gasteiger partial charge in [0.2, 0.25) is 0 Å². The molecule has 0 radical (unpaired) electrons. The molecule has 0 saturated heterocycles. The Kier molecular flexibility index (Phi) is 7.19. The van der Waals surface area contributed by atoms with Crippen molar-refractivity contribution >= 4 is 9.84 Å². The Bertz CT molecular complexity index is 273. The van der Waals surface area contributed by atoms with E-state index in [4.69, 9.17) is 5.11 Å². The molecule has 0 atom stereocenters. The van der Waals surface area contributed by atoms with E-state index in [9.17, 15) is 8.42 Å². The summed E-state index contributed by atoms with van der Waals surface area (Å²) in [6, 6.07) is 0. The van der Waals surface area contributed by atoms with Crippen molar-refractivity contribution in [2.45, 2.75) is 33.6 Å². The van der Waals surface area contributed by atoms with Crippen LogP contribution in [0.5, 0.6) is 0 Å². The molecule has 0 aromatic rings. The highest BCUT2D eigenvalue weighted by atomic mass is 32.2. The summed E-state index contributed by atoms with van der Waals surface area (Å²) >= 11 is 0. The minimum Gasteiger partial charge on any atom is -0.396 e. The summed E-state index contributed by atoms with van der Waals surface area (Å²) in [6.07, 6.45) is 1.74. The molecule has 0 fully saturated rings. The molecule has 0 saturated carbocycles. The zero-order valence-electron chi connectivity index (χ0n) is 10.6. The Morgan fingerprint density at radius 2 is 1.94 bits per heavy atom. The molecule has 0 rings (SSSR count). The van der Waals surface area contributed by atoms with E-state index >= 15 is 0 Å². The van der Waals surface area contributed by atoms with Gasteiger partial charge in [-0.2, -0.15) is 0 Å². The van der Waals surface area contributed by atoms with E-state index in [0.717, 1.165) is 19.4 Å². The Hall–Kier alpha value is -0.130. The maximum absolute atomic E-state index is 11.2. The van der Waals surface area contributed by atoms with Crippen LogP contribution in [0.1, 0.15) is 33.6 Å². The van der Waals surface area contributed by atoms with Gasteiger partial charge in [0.15, 0.2) is 9.84 Å². The number of hydrogen-bond donors (Lipinski definition) is 2. The first-order valence-corrected chi connectivity index (χ1v) is 7.67. The lowest BCUT2D eigenvalue weighted by Crippen LogP contribution is -2.33. The minimum absolute atomic E-state index is 0.110. The third-order valence-electron chi connectivity index (χ3n) is 2.64. The second kappa shape index (κ2) is 7.25. The number of sulfone groups is 1. The van der Waals surface area contributed by atoms with Crippen molar-refractivity contribution in [3.63, 3.8) is 0 Å². The Balaban J connectivity index is 3.73.